The van der Waals surface area contributed by atoms with Gasteiger partial charge in [0.1, 0.15) is 11.2 Å². The van der Waals surface area contributed by atoms with Gasteiger partial charge < -0.3 is 4.98 Å². The van der Waals surface area contributed by atoms with E-state index in [4.69, 9.17) is 10.2 Å². The number of hydrogen-bond donors (Lipinski definition) is 1. The van der Waals surface area contributed by atoms with E-state index in [1.165, 1.54) is 27.3 Å². The largest absolute Gasteiger partial charge is 0.354 e. The van der Waals surface area contributed by atoms with E-state index in [1.54, 1.807) is 0 Å². The number of benzene rings is 6. The number of H-pyrrole nitrogens is 1. The summed E-state index contributed by atoms with van der Waals surface area (Å²) in [6.45, 7) is 15.9. The average Bonchev–Trinajstić information content (AvgIpc) is 3.81. The minimum Gasteiger partial charge on any atom is -0.354 e. The molecule has 0 spiro atoms. The van der Waals surface area contributed by atoms with E-state index in [2.05, 4.69) is 179 Å². The molecule has 0 radical (unpaired) electrons. The van der Waals surface area contributed by atoms with Gasteiger partial charge in [0.15, 0.2) is 0 Å². The van der Waals surface area contributed by atoms with Gasteiger partial charge in [-0.15, -0.1) is 0 Å². The molecule has 0 unspecified atom stereocenters. The second kappa shape index (κ2) is 11.8. The van der Waals surface area contributed by atoms with Gasteiger partial charge in [0.2, 0.25) is 0 Å². The molecule has 0 amide bonds. The first-order valence-electron chi connectivity index (χ1n) is 18.6. The first-order valence-corrected chi connectivity index (χ1v) is 18.6. The molecule has 0 bridgehead atoms. The molecule has 0 atom stereocenters. The van der Waals surface area contributed by atoms with E-state index < -0.39 is 0 Å². The van der Waals surface area contributed by atoms with E-state index in [-0.39, 0.29) is 10.8 Å². The summed E-state index contributed by atoms with van der Waals surface area (Å²) in [5.74, 6) is 0. The third-order valence-electron chi connectivity index (χ3n) is 11.0. The van der Waals surface area contributed by atoms with Crippen molar-refractivity contribution in [3.05, 3.63) is 138 Å². The van der Waals surface area contributed by atoms with Gasteiger partial charge >= 0.3 is 0 Å². The molecule has 6 aromatic carbocycles. The fourth-order valence-corrected chi connectivity index (χ4v) is 7.81. The van der Waals surface area contributed by atoms with E-state index in [9.17, 15) is 0 Å². The predicted molar refractivity (Wildman–Crippen MR) is 223 cm³/mol. The Kier molecular flexibility index (Phi) is 7.33. The van der Waals surface area contributed by atoms with Crippen LogP contribution in [-0.4, -0.2) is 24.5 Å². The van der Waals surface area contributed by atoms with Crippen LogP contribution >= 0.6 is 0 Å². The Bertz CT molecular complexity index is 2870. The van der Waals surface area contributed by atoms with E-state index in [1.807, 2.05) is 11.7 Å². The lowest BCUT2D eigenvalue weighted by molar-refractivity contribution is 0.590. The molecule has 0 fully saturated rings. The maximum absolute atomic E-state index is 5.56. The maximum atomic E-state index is 5.56. The first-order chi connectivity index (χ1) is 25.3. The Hall–Kier alpha value is -5.94. The highest BCUT2D eigenvalue weighted by Crippen LogP contribution is 2.42. The second-order valence-corrected chi connectivity index (χ2v) is 16.7. The fraction of sp³-hybridized carbons (Fsp3) is 0.208. The number of hydrogen-bond acceptors (Lipinski definition) is 2. The monoisotopic (exact) mass is 691 g/mol. The highest BCUT2D eigenvalue weighted by molar-refractivity contribution is 6.14. The average molecular weight is 692 g/mol. The van der Waals surface area contributed by atoms with Gasteiger partial charge in [-0.2, -0.15) is 10.2 Å². The topological polar surface area (TPSA) is 51.4 Å². The molecule has 3 heterocycles. The number of aryl methyl sites for hydroxylation is 2. The third-order valence-corrected chi connectivity index (χ3v) is 11.0. The van der Waals surface area contributed by atoms with Crippen molar-refractivity contribution in [3.8, 4) is 39.2 Å². The number of rotatable bonds is 4. The van der Waals surface area contributed by atoms with Crippen LogP contribution in [0.15, 0.2) is 121 Å². The summed E-state index contributed by atoms with van der Waals surface area (Å²) in [5.41, 5.74) is 15.7. The molecule has 1 N–H and O–H groups in total. The van der Waals surface area contributed by atoms with Crippen LogP contribution in [0.4, 0.5) is 0 Å². The van der Waals surface area contributed by atoms with E-state index in [0.717, 1.165) is 72.3 Å². The minimum absolute atomic E-state index is 0.0469. The van der Waals surface area contributed by atoms with Crippen LogP contribution in [-0.2, 0) is 17.9 Å². The van der Waals surface area contributed by atoms with Gasteiger partial charge in [-0.3, -0.25) is 4.68 Å². The highest BCUT2D eigenvalue weighted by atomic mass is 15.3. The number of nitrogens with zero attached hydrogens (tertiary/aromatic N) is 4. The smallest absolute Gasteiger partial charge is 0.103 e. The van der Waals surface area contributed by atoms with Crippen LogP contribution in [0.25, 0.3) is 82.8 Å². The van der Waals surface area contributed by atoms with E-state index in [0.29, 0.717) is 0 Å². The Morgan fingerprint density at radius 1 is 0.547 bits per heavy atom. The van der Waals surface area contributed by atoms with E-state index >= 15 is 0 Å². The van der Waals surface area contributed by atoms with Crippen molar-refractivity contribution in [2.24, 2.45) is 7.05 Å². The Morgan fingerprint density at radius 3 is 2.02 bits per heavy atom. The Labute approximate surface area is 310 Å². The van der Waals surface area contributed by atoms with Crippen molar-refractivity contribution in [1.29, 1.82) is 0 Å². The molecule has 0 saturated heterocycles. The molecule has 0 aliphatic heterocycles. The summed E-state index contributed by atoms with van der Waals surface area (Å²) in [7, 11) is 2.02. The highest BCUT2D eigenvalue weighted by Gasteiger charge is 2.24. The lowest BCUT2D eigenvalue weighted by atomic mass is 9.83. The van der Waals surface area contributed by atoms with Gasteiger partial charge in [0.05, 0.1) is 16.7 Å². The number of para-hydroxylation sites is 1. The van der Waals surface area contributed by atoms with Gasteiger partial charge in [-0.05, 0) is 94.1 Å². The Balaban J connectivity index is 1.32. The van der Waals surface area contributed by atoms with Gasteiger partial charge in [-0.1, -0.05) is 114 Å². The van der Waals surface area contributed by atoms with Gasteiger partial charge in [-0.25, -0.2) is 4.68 Å². The van der Waals surface area contributed by atoms with Gasteiger partial charge in [0.25, 0.3) is 0 Å². The summed E-state index contributed by atoms with van der Waals surface area (Å²) in [4.78, 5) is 3.84. The zero-order valence-corrected chi connectivity index (χ0v) is 31.8. The summed E-state index contributed by atoms with van der Waals surface area (Å²) in [6, 6.07) is 44.2. The zero-order chi connectivity index (χ0) is 36.8. The van der Waals surface area contributed by atoms with Crippen LogP contribution < -0.4 is 0 Å². The lowest BCUT2D eigenvalue weighted by Gasteiger charge is -2.21. The van der Waals surface area contributed by atoms with Crippen molar-refractivity contribution in [3.63, 3.8) is 0 Å². The van der Waals surface area contributed by atoms with Crippen molar-refractivity contribution < 1.29 is 0 Å². The summed E-state index contributed by atoms with van der Waals surface area (Å²) in [5, 5.41) is 15.3. The molecule has 9 aromatic rings. The van der Waals surface area contributed by atoms with Crippen molar-refractivity contribution in [2.45, 2.75) is 59.3 Å². The maximum Gasteiger partial charge on any atom is 0.103 e. The standard InChI is InChI=1S/C48H45N5/c1-29-36-18-14-19-37(45(36)50-52(29)8)32-23-31(30-15-10-9-11-16-30)24-35(25-32)53-43-20-13-12-17-38(43)46(51-53)41-28-34(48(5,6)7)27-40-39-26-33(47(2,3)4)21-22-42(39)49-44(40)41/h9-28,49H,1-8H3. The van der Waals surface area contributed by atoms with Crippen molar-refractivity contribution in [1.82, 2.24) is 24.5 Å². The van der Waals surface area contributed by atoms with Crippen LogP contribution in [0.1, 0.15) is 58.4 Å². The molecular formula is C48H45N5. The molecule has 3 aromatic heterocycles. The predicted octanol–water partition coefficient (Wildman–Crippen LogP) is 12.5. The molecule has 0 aliphatic carbocycles. The van der Waals surface area contributed by atoms with Gasteiger partial charge in [0, 0.05) is 50.9 Å². The molecule has 262 valence electrons. The summed E-state index contributed by atoms with van der Waals surface area (Å²) < 4.78 is 4.12. The fourth-order valence-electron chi connectivity index (χ4n) is 7.81. The first kappa shape index (κ1) is 32.9. The van der Waals surface area contributed by atoms with Crippen LogP contribution in [0.3, 0.4) is 0 Å². The molecule has 9 rings (SSSR count). The van der Waals surface area contributed by atoms with Crippen molar-refractivity contribution >= 4 is 43.6 Å². The quantitative estimate of drug-likeness (QED) is 0.200. The van der Waals surface area contributed by atoms with Crippen molar-refractivity contribution in [2.75, 3.05) is 0 Å². The molecule has 53 heavy (non-hydrogen) atoms. The lowest BCUT2D eigenvalue weighted by Crippen LogP contribution is -2.11. The zero-order valence-electron chi connectivity index (χ0n) is 31.8. The molecule has 0 aliphatic rings. The third kappa shape index (κ3) is 5.45. The number of aromatic amines is 1. The normalized spacial score (nSPS) is 12.5. The summed E-state index contributed by atoms with van der Waals surface area (Å²) >= 11 is 0. The Morgan fingerprint density at radius 2 is 1.25 bits per heavy atom. The molecule has 0 saturated carbocycles. The minimum atomic E-state index is -0.0592. The number of aromatic nitrogens is 5. The SMILES string of the molecule is Cc1c2cccc(-c3cc(-c4ccccc4)cc(-n4nc(-c5cc(C(C)(C)C)cc6c5[nH]c5ccc(C(C)(C)C)cc56)c5ccccc54)c3)c2nn1C. The molecule has 5 nitrogen and oxygen atoms in total. The van der Waals surface area contributed by atoms with Crippen LogP contribution in [0, 0.1) is 6.92 Å². The van der Waals surface area contributed by atoms with Crippen LogP contribution in [0.2, 0.25) is 0 Å². The van der Waals surface area contributed by atoms with Crippen LogP contribution in [0.5, 0.6) is 0 Å². The number of nitrogens with one attached hydrogen (secondary N) is 1. The molecule has 5 heteroatoms. The number of fused-ring (bicyclic) bond motifs is 5. The molecular weight excluding hydrogens is 647 g/mol. The summed E-state index contributed by atoms with van der Waals surface area (Å²) in [6.07, 6.45) is 0. The second-order valence-electron chi connectivity index (χ2n) is 16.7.